The Morgan fingerprint density at radius 3 is 2.31 bits per heavy atom. The van der Waals surface area contributed by atoms with Gasteiger partial charge < -0.3 is 23.9 Å². The molecule has 0 saturated carbocycles. The van der Waals surface area contributed by atoms with Gasteiger partial charge in [-0.05, 0) is 67.4 Å². The van der Waals surface area contributed by atoms with Crippen molar-refractivity contribution >= 4 is 15.7 Å². The van der Waals surface area contributed by atoms with E-state index in [4.69, 9.17) is 18.6 Å². The Kier molecular flexibility index (Phi) is 7.80. The van der Waals surface area contributed by atoms with E-state index in [0.717, 1.165) is 5.56 Å². The topological polar surface area (TPSA) is 99.9 Å². The minimum atomic E-state index is -3.92. The molecule has 9 heteroatoms. The molecule has 0 bridgehead atoms. The first kappa shape index (κ1) is 25.1. The summed E-state index contributed by atoms with van der Waals surface area (Å²) in [4.78, 5) is 4.52. The van der Waals surface area contributed by atoms with E-state index in [2.05, 4.69) is 10.3 Å². The van der Waals surface area contributed by atoms with Gasteiger partial charge in [-0.1, -0.05) is 24.3 Å². The Morgan fingerprint density at radius 2 is 1.64 bits per heavy atom. The summed E-state index contributed by atoms with van der Waals surface area (Å²) in [7, 11) is -0.753. The first-order valence-electron chi connectivity index (χ1n) is 11.4. The maximum absolute atomic E-state index is 13.4. The number of aromatic nitrogens is 1. The van der Waals surface area contributed by atoms with Gasteiger partial charge in [0.2, 0.25) is 26.6 Å². The second-order valence-electron chi connectivity index (χ2n) is 7.79. The van der Waals surface area contributed by atoms with E-state index in [9.17, 15) is 8.42 Å². The Morgan fingerprint density at radius 1 is 0.917 bits per heavy atom. The number of rotatable bonds is 11. The fourth-order valence-corrected chi connectivity index (χ4v) is 4.95. The molecule has 0 amide bonds. The molecule has 4 rings (SSSR count). The van der Waals surface area contributed by atoms with Gasteiger partial charge in [0.15, 0.2) is 11.5 Å². The van der Waals surface area contributed by atoms with Crippen molar-refractivity contribution in [2.75, 3.05) is 32.7 Å². The maximum Gasteiger partial charge on any atom is 0.233 e. The van der Waals surface area contributed by atoms with Crippen molar-refractivity contribution < 1.29 is 27.0 Å². The molecule has 0 aliphatic carbocycles. The van der Waals surface area contributed by atoms with Gasteiger partial charge in [-0.2, -0.15) is 4.98 Å². The van der Waals surface area contributed by atoms with Gasteiger partial charge in [0.25, 0.3) is 0 Å². The molecule has 0 aliphatic rings. The van der Waals surface area contributed by atoms with Gasteiger partial charge in [0, 0.05) is 12.1 Å². The molecule has 188 valence electrons. The molecule has 1 heterocycles. The summed E-state index contributed by atoms with van der Waals surface area (Å²) in [6, 6.07) is 21.0. The molecule has 0 unspecified atom stereocenters. The first-order chi connectivity index (χ1) is 17.5. The predicted molar refractivity (Wildman–Crippen MR) is 137 cm³/mol. The number of anilines is 1. The molecular weight excluding hydrogens is 480 g/mol. The molecule has 3 aromatic carbocycles. The normalized spacial score (nSPS) is 11.2. The summed E-state index contributed by atoms with van der Waals surface area (Å²) < 4.78 is 48.9. The SMILES string of the molecule is CCOc1ccc(-c2nc(S(=O)(=O)c3ccccc3)c(NCCc3ccc(OC)c(OC)c3)o2)cc1. The van der Waals surface area contributed by atoms with E-state index < -0.39 is 9.84 Å². The van der Waals surface area contributed by atoms with E-state index in [1.807, 2.05) is 25.1 Å². The maximum atomic E-state index is 13.4. The average molecular weight is 509 g/mol. The lowest BCUT2D eigenvalue weighted by molar-refractivity contribution is 0.340. The Bertz CT molecular complexity index is 1400. The van der Waals surface area contributed by atoms with Crippen molar-refractivity contribution in [2.45, 2.75) is 23.3 Å². The van der Waals surface area contributed by atoms with Crippen LogP contribution >= 0.6 is 0 Å². The van der Waals surface area contributed by atoms with E-state index in [0.29, 0.717) is 42.4 Å². The molecule has 0 saturated heterocycles. The monoisotopic (exact) mass is 508 g/mol. The fraction of sp³-hybridized carbons (Fsp3) is 0.222. The van der Waals surface area contributed by atoms with Gasteiger partial charge in [0.1, 0.15) is 5.75 Å². The largest absolute Gasteiger partial charge is 0.494 e. The van der Waals surface area contributed by atoms with Crippen LogP contribution in [0.3, 0.4) is 0 Å². The lowest BCUT2D eigenvalue weighted by Crippen LogP contribution is -2.10. The molecule has 0 aliphatic heterocycles. The highest BCUT2D eigenvalue weighted by Crippen LogP contribution is 2.33. The number of nitrogens with zero attached hydrogens (tertiary/aromatic N) is 1. The second-order valence-corrected chi connectivity index (χ2v) is 9.66. The molecule has 8 nitrogen and oxygen atoms in total. The number of methoxy groups -OCH3 is 2. The van der Waals surface area contributed by atoms with Crippen molar-refractivity contribution in [2.24, 2.45) is 0 Å². The second kappa shape index (κ2) is 11.2. The Balaban J connectivity index is 1.63. The lowest BCUT2D eigenvalue weighted by atomic mass is 10.1. The van der Waals surface area contributed by atoms with Crippen LogP contribution in [-0.2, 0) is 16.3 Å². The summed E-state index contributed by atoms with van der Waals surface area (Å²) in [5.74, 6) is 2.25. The predicted octanol–water partition coefficient (Wildman–Crippen LogP) is 5.24. The highest BCUT2D eigenvalue weighted by Gasteiger charge is 2.28. The quantitative estimate of drug-likeness (QED) is 0.293. The number of nitrogens with one attached hydrogen (secondary N) is 1. The zero-order valence-electron chi connectivity index (χ0n) is 20.4. The standard InChI is InChI=1S/C27H28N2O6S/c1-4-34-21-13-11-20(12-14-21)25-29-27(36(30,31)22-8-6-5-7-9-22)26(35-25)28-17-16-19-10-15-23(32-2)24(18-19)33-3/h5-15,18,28H,4,16-17H2,1-3H3. The smallest absolute Gasteiger partial charge is 0.233 e. The summed E-state index contributed by atoms with van der Waals surface area (Å²) in [5.41, 5.74) is 1.62. The van der Waals surface area contributed by atoms with Crippen LogP contribution in [0.5, 0.6) is 17.2 Å². The Hall–Kier alpha value is -3.98. The first-order valence-corrected chi connectivity index (χ1v) is 12.9. The van der Waals surface area contributed by atoms with Crippen molar-refractivity contribution in [1.29, 1.82) is 0 Å². The van der Waals surface area contributed by atoms with Crippen LogP contribution in [0, 0.1) is 0 Å². The summed E-state index contributed by atoms with van der Waals surface area (Å²) in [5, 5.41) is 2.96. The summed E-state index contributed by atoms with van der Waals surface area (Å²) in [6.45, 7) is 2.86. The van der Waals surface area contributed by atoms with E-state index in [1.165, 1.54) is 12.1 Å². The van der Waals surface area contributed by atoms with Crippen LogP contribution in [-0.4, -0.2) is 40.8 Å². The molecule has 0 atom stereocenters. The lowest BCUT2D eigenvalue weighted by Gasteiger charge is -2.10. The molecule has 1 aromatic heterocycles. The zero-order valence-corrected chi connectivity index (χ0v) is 21.2. The minimum absolute atomic E-state index is 0.0863. The third-order valence-electron chi connectivity index (χ3n) is 5.46. The zero-order chi connectivity index (χ0) is 25.5. The average Bonchev–Trinajstić information content (AvgIpc) is 3.35. The number of sulfone groups is 1. The fourth-order valence-electron chi connectivity index (χ4n) is 3.65. The van der Waals surface area contributed by atoms with Crippen molar-refractivity contribution in [3.63, 3.8) is 0 Å². The van der Waals surface area contributed by atoms with Crippen LogP contribution in [0.2, 0.25) is 0 Å². The highest BCUT2D eigenvalue weighted by atomic mass is 32.2. The third-order valence-corrected chi connectivity index (χ3v) is 7.14. The molecule has 4 aromatic rings. The van der Waals surface area contributed by atoms with Gasteiger partial charge >= 0.3 is 0 Å². The number of benzene rings is 3. The van der Waals surface area contributed by atoms with Crippen LogP contribution in [0.25, 0.3) is 11.5 Å². The van der Waals surface area contributed by atoms with E-state index >= 15 is 0 Å². The molecule has 1 N–H and O–H groups in total. The summed E-state index contributed by atoms with van der Waals surface area (Å²) in [6.07, 6.45) is 0.588. The van der Waals surface area contributed by atoms with Crippen LogP contribution < -0.4 is 19.5 Å². The molecule has 0 radical (unpaired) electrons. The number of hydrogen-bond donors (Lipinski definition) is 1. The van der Waals surface area contributed by atoms with Crippen molar-refractivity contribution in [1.82, 2.24) is 4.98 Å². The molecule has 0 spiro atoms. The molecule has 36 heavy (non-hydrogen) atoms. The van der Waals surface area contributed by atoms with E-state index in [-0.39, 0.29) is 21.7 Å². The molecule has 0 fully saturated rings. The van der Waals surface area contributed by atoms with Crippen LogP contribution in [0.15, 0.2) is 87.1 Å². The highest BCUT2D eigenvalue weighted by molar-refractivity contribution is 7.91. The number of oxazole rings is 1. The van der Waals surface area contributed by atoms with Crippen LogP contribution in [0.1, 0.15) is 12.5 Å². The van der Waals surface area contributed by atoms with Gasteiger partial charge in [0.05, 0.1) is 25.7 Å². The minimum Gasteiger partial charge on any atom is -0.494 e. The summed E-state index contributed by atoms with van der Waals surface area (Å²) >= 11 is 0. The van der Waals surface area contributed by atoms with E-state index in [1.54, 1.807) is 56.7 Å². The number of ether oxygens (including phenoxy) is 3. The van der Waals surface area contributed by atoms with Gasteiger partial charge in [-0.15, -0.1) is 0 Å². The van der Waals surface area contributed by atoms with Crippen molar-refractivity contribution in [3.8, 4) is 28.7 Å². The van der Waals surface area contributed by atoms with Crippen LogP contribution in [0.4, 0.5) is 5.88 Å². The number of hydrogen-bond acceptors (Lipinski definition) is 8. The van der Waals surface area contributed by atoms with Gasteiger partial charge in [-0.25, -0.2) is 8.42 Å². The molecular formula is C27H28N2O6S. The van der Waals surface area contributed by atoms with Gasteiger partial charge in [-0.3, -0.25) is 0 Å². The van der Waals surface area contributed by atoms with Crippen molar-refractivity contribution in [3.05, 3.63) is 78.4 Å². The third kappa shape index (κ3) is 5.46. The Labute approximate surface area is 210 Å².